The second kappa shape index (κ2) is 8.55. The van der Waals surface area contributed by atoms with E-state index in [-0.39, 0.29) is 19.0 Å². The van der Waals surface area contributed by atoms with Crippen LogP contribution in [0.3, 0.4) is 0 Å². The van der Waals surface area contributed by atoms with Gasteiger partial charge in [-0.05, 0) is 42.8 Å². The largest absolute Gasteiger partial charge is 0.461 e. The summed E-state index contributed by atoms with van der Waals surface area (Å²) in [6.07, 6.45) is 0.228. The molecule has 2 heterocycles. The minimum atomic E-state index is -0.451. The number of carbonyl (C=O) groups is 1. The maximum absolute atomic E-state index is 12.6. The predicted molar refractivity (Wildman–Crippen MR) is 126 cm³/mol. The molecular weight excluding hydrogens is 422 g/mol. The third-order valence-corrected chi connectivity index (χ3v) is 6.58. The van der Waals surface area contributed by atoms with E-state index in [0.717, 1.165) is 32.1 Å². The van der Waals surface area contributed by atoms with Gasteiger partial charge in [-0.15, -0.1) is 0 Å². The number of carbonyl (C=O) groups excluding carboxylic acids is 1. The molecule has 0 N–H and O–H groups in total. The molecule has 1 aliphatic heterocycles. The molecule has 0 aliphatic carbocycles. The van der Waals surface area contributed by atoms with E-state index < -0.39 is 5.63 Å². The number of nitrogens with zero attached hydrogens (tertiary/aromatic N) is 1. The van der Waals surface area contributed by atoms with E-state index >= 15 is 0 Å². The second-order valence-corrected chi connectivity index (χ2v) is 8.77. The van der Waals surface area contributed by atoms with Crippen LogP contribution in [0.1, 0.15) is 17.5 Å². The standard InChI is InChI=1S/C26H21NO4S/c1-17-10-11-19-18(15-26(29)31-22(19)14-17)16-30-25(28)12-13-27-20-6-2-4-8-23(20)32-24-9-5-3-7-21(24)27/h2-11,14-15H,12-13,16H2,1H3. The Bertz CT molecular complexity index is 1330. The Hall–Kier alpha value is -3.51. The van der Waals surface area contributed by atoms with Crippen LogP contribution in [-0.2, 0) is 16.1 Å². The van der Waals surface area contributed by atoms with E-state index in [1.807, 2.05) is 49.4 Å². The number of benzene rings is 3. The third-order valence-electron chi connectivity index (χ3n) is 5.45. The van der Waals surface area contributed by atoms with Crippen molar-refractivity contribution in [2.75, 3.05) is 11.4 Å². The number of ether oxygens (including phenoxy) is 1. The molecule has 3 aromatic carbocycles. The van der Waals surface area contributed by atoms with Crippen molar-refractivity contribution in [3.63, 3.8) is 0 Å². The first kappa shape index (κ1) is 20.4. The Balaban J connectivity index is 1.31. The molecule has 0 atom stereocenters. The van der Waals surface area contributed by atoms with Crippen LogP contribution < -0.4 is 10.5 Å². The van der Waals surface area contributed by atoms with Crippen LogP contribution >= 0.6 is 11.8 Å². The highest BCUT2D eigenvalue weighted by Gasteiger charge is 2.23. The van der Waals surface area contributed by atoms with Crippen LogP contribution in [0.5, 0.6) is 0 Å². The fourth-order valence-electron chi connectivity index (χ4n) is 3.91. The SMILES string of the molecule is Cc1ccc2c(COC(=O)CCN3c4ccccc4Sc4ccccc43)cc(=O)oc2c1. The molecule has 0 radical (unpaired) electrons. The molecule has 0 unspecified atom stereocenters. The molecule has 4 aromatic rings. The Kier molecular flexibility index (Phi) is 5.45. The molecule has 32 heavy (non-hydrogen) atoms. The lowest BCUT2D eigenvalue weighted by molar-refractivity contribution is -0.144. The van der Waals surface area contributed by atoms with Gasteiger partial charge in [-0.3, -0.25) is 4.79 Å². The molecule has 0 amide bonds. The first-order valence-electron chi connectivity index (χ1n) is 10.4. The number of esters is 1. The van der Waals surface area contributed by atoms with Crippen LogP contribution in [0.4, 0.5) is 11.4 Å². The normalized spacial score (nSPS) is 12.3. The molecule has 0 bridgehead atoms. The van der Waals surface area contributed by atoms with Crippen molar-refractivity contribution in [1.82, 2.24) is 0 Å². The first-order valence-corrected chi connectivity index (χ1v) is 11.2. The molecular formula is C26H21NO4S. The number of hydrogen-bond acceptors (Lipinski definition) is 6. The molecule has 0 saturated heterocycles. The zero-order chi connectivity index (χ0) is 22.1. The lowest BCUT2D eigenvalue weighted by Gasteiger charge is -2.32. The lowest BCUT2D eigenvalue weighted by atomic mass is 10.1. The van der Waals surface area contributed by atoms with Crippen LogP contribution in [0.15, 0.2) is 91.8 Å². The highest BCUT2D eigenvalue weighted by Crippen LogP contribution is 2.47. The quantitative estimate of drug-likeness (QED) is 0.285. The Labute approximate surface area is 189 Å². The minimum Gasteiger partial charge on any atom is -0.461 e. The Morgan fingerprint density at radius 2 is 1.66 bits per heavy atom. The number of anilines is 2. The summed E-state index contributed by atoms with van der Waals surface area (Å²) in [5, 5.41) is 0.777. The van der Waals surface area contributed by atoms with Crippen molar-refractivity contribution in [2.45, 2.75) is 29.7 Å². The summed E-state index contributed by atoms with van der Waals surface area (Å²) in [7, 11) is 0. The lowest BCUT2D eigenvalue weighted by Crippen LogP contribution is -2.24. The topological polar surface area (TPSA) is 59.8 Å². The van der Waals surface area contributed by atoms with E-state index in [2.05, 4.69) is 29.2 Å². The van der Waals surface area contributed by atoms with Gasteiger partial charge in [0.15, 0.2) is 0 Å². The van der Waals surface area contributed by atoms with Gasteiger partial charge < -0.3 is 14.1 Å². The monoisotopic (exact) mass is 443 g/mol. The van der Waals surface area contributed by atoms with Crippen molar-refractivity contribution in [3.05, 3.63) is 94.3 Å². The zero-order valence-electron chi connectivity index (χ0n) is 17.5. The van der Waals surface area contributed by atoms with Gasteiger partial charge in [0.2, 0.25) is 0 Å². The van der Waals surface area contributed by atoms with E-state index in [1.165, 1.54) is 6.07 Å². The maximum atomic E-state index is 12.6. The molecule has 0 fully saturated rings. The van der Waals surface area contributed by atoms with E-state index in [4.69, 9.17) is 9.15 Å². The van der Waals surface area contributed by atoms with E-state index in [9.17, 15) is 9.59 Å². The van der Waals surface area contributed by atoms with Crippen LogP contribution in [-0.4, -0.2) is 12.5 Å². The van der Waals surface area contributed by atoms with Gasteiger partial charge in [0, 0.05) is 33.4 Å². The second-order valence-electron chi connectivity index (χ2n) is 7.69. The molecule has 160 valence electrons. The number of rotatable bonds is 5. The summed E-state index contributed by atoms with van der Waals surface area (Å²) in [5.74, 6) is -0.313. The van der Waals surface area contributed by atoms with Crippen molar-refractivity contribution in [1.29, 1.82) is 0 Å². The first-order chi connectivity index (χ1) is 15.6. The number of fused-ring (bicyclic) bond motifs is 3. The van der Waals surface area contributed by atoms with Crippen LogP contribution in [0.25, 0.3) is 11.0 Å². The van der Waals surface area contributed by atoms with Crippen LogP contribution in [0, 0.1) is 6.92 Å². The van der Waals surface area contributed by atoms with Crippen molar-refractivity contribution in [2.24, 2.45) is 0 Å². The maximum Gasteiger partial charge on any atom is 0.336 e. The summed E-state index contributed by atoms with van der Waals surface area (Å²) in [6, 6.07) is 23.4. The summed E-state index contributed by atoms with van der Waals surface area (Å²) in [6.45, 7) is 2.47. The average Bonchev–Trinajstić information content (AvgIpc) is 2.79. The van der Waals surface area contributed by atoms with Gasteiger partial charge in [0.1, 0.15) is 12.2 Å². The van der Waals surface area contributed by atoms with Gasteiger partial charge in [-0.25, -0.2) is 4.79 Å². The molecule has 0 spiro atoms. The Morgan fingerprint density at radius 3 is 2.38 bits per heavy atom. The van der Waals surface area contributed by atoms with Crippen molar-refractivity contribution < 1.29 is 13.9 Å². The van der Waals surface area contributed by atoms with Crippen molar-refractivity contribution >= 4 is 40.1 Å². The van der Waals surface area contributed by atoms with Crippen LogP contribution in [0.2, 0.25) is 0 Å². The molecule has 0 saturated carbocycles. The number of para-hydroxylation sites is 2. The summed E-state index contributed by atoms with van der Waals surface area (Å²) in [4.78, 5) is 29.0. The Morgan fingerprint density at radius 1 is 0.969 bits per heavy atom. The zero-order valence-corrected chi connectivity index (χ0v) is 18.4. The molecule has 1 aliphatic rings. The third kappa shape index (κ3) is 4.01. The van der Waals surface area contributed by atoms with Gasteiger partial charge in [0.25, 0.3) is 0 Å². The van der Waals surface area contributed by atoms with Crippen molar-refractivity contribution in [3.8, 4) is 0 Å². The molecule has 1 aromatic heterocycles. The number of aryl methyl sites for hydroxylation is 1. The van der Waals surface area contributed by atoms with Gasteiger partial charge in [0.05, 0.1) is 17.8 Å². The van der Waals surface area contributed by atoms with Gasteiger partial charge in [-0.1, -0.05) is 48.2 Å². The fraction of sp³-hybridized carbons (Fsp3) is 0.154. The summed E-state index contributed by atoms with van der Waals surface area (Å²) in [5.41, 5.74) is 3.87. The fourth-order valence-corrected chi connectivity index (χ4v) is 5.01. The van der Waals surface area contributed by atoms with E-state index in [1.54, 1.807) is 11.8 Å². The highest BCUT2D eigenvalue weighted by atomic mass is 32.2. The average molecular weight is 444 g/mol. The predicted octanol–water partition coefficient (Wildman–Crippen LogP) is 5.84. The van der Waals surface area contributed by atoms with E-state index in [0.29, 0.717) is 17.7 Å². The van der Waals surface area contributed by atoms with Gasteiger partial charge in [-0.2, -0.15) is 0 Å². The highest BCUT2D eigenvalue weighted by molar-refractivity contribution is 7.99. The summed E-state index contributed by atoms with van der Waals surface area (Å²) >= 11 is 1.74. The molecule has 6 heteroatoms. The summed E-state index contributed by atoms with van der Waals surface area (Å²) < 4.78 is 10.8. The number of hydrogen-bond donors (Lipinski definition) is 0. The van der Waals surface area contributed by atoms with Gasteiger partial charge >= 0.3 is 11.6 Å². The molecule has 5 rings (SSSR count). The smallest absolute Gasteiger partial charge is 0.336 e. The minimum absolute atomic E-state index is 0.0347. The molecule has 5 nitrogen and oxygen atoms in total.